The lowest BCUT2D eigenvalue weighted by atomic mass is 10.1. The van der Waals surface area contributed by atoms with E-state index in [-0.39, 0.29) is 28.5 Å². The topological polar surface area (TPSA) is 76.1 Å². The average molecular weight is 467 g/mol. The van der Waals surface area contributed by atoms with Crippen molar-refractivity contribution in [1.29, 1.82) is 0 Å². The van der Waals surface area contributed by atoms with Crippen LogP contribution in [-0.2, 0) is 9.59 Å². The maximum atomic E-state index is 12.8. The van der Waals surface area contributed by atoms with Crippen molar-refractivity contribution >= 4 is 34.8 Å². The van der Waals surface area contributed by atoms with Gasteiger partial charge in [0.15, 0.2) is 0 Å². The number of carbonyl (C=O) groups is 2. The molecule has 0 aliphatic carbocycles. The third-order valence-electron chi connectivity index (χ3n) is 6.23. The Balaban J connectivity index is 1.24. The molecular weight excluding hydrogens is 440 g/mol. The molecule has 1 atom stereocenters. The predicted octanol–water partition coefficient (Wildman–Crippen LogP) is 2.64. The molecule has 0 unspecified atom stereocenters. The fraction of sp³-hybridized carbons (Fsp3) is 0.360. The van der Waals surface area contributed by atoms with E-state index in [1.165, 1.54) is 12.1 Å². The number of phenolic OH excluding ortho intramolecular Hbond substituents is 1. The Morgan fingerprint density at radius 3 is 2.64 bits per heavy atom. The van der Waals surface area contributed by atoms with Gasteiger partial charge < -0.3 is 20.2 Å². The zero-order chi connectivity index (χ0) is 23.4. The summed E-state index contributed by atoms with van der Waals surface area (Å²) in [6.45, 7) is 4.43. The summed E-state index contributed by atoms with van der Waals surface area (Å²) < 4.78 is 0. The van der Waals surface area contributed by atoms with Gasteiger partial charge in [0.05, 0.1) is 17.5 Å². The second kappa shape index (κ2) is 10.2. The Bertz CT molecular complexity index is 1080. The van der Waals surface area contributed by atoms with Crippen LogP contribution in [0.25, 0.3) is 0 Å². The molecule has 8 heteroatoms. The summed E-state index contributed by atoms with van der Waals surface area (Å²) in [6.07, 6.45) is 6.20. The molecular formula is C25H27ClN4O3. The van der Waals surface area contributed by atoms with Gasteiger partial charge in [0.2, 0.25) is 11.8 Å². The van der Waals surface area contributed by atoms with E-state index >= 15 is 0 Å². The molecule has 0 radical (unpaired) electrons. The fourth-order valence-corrected chi connectivity index (χ4v) is 4.50. The number of phenols is 1. The molecule has 2 aromatic rings. The van der Waals surface area contributed by atoms with Gasteiger partial charge in [-0.3, -0.25) is 14.5 Å². The molecule has 2 N–H and O–H groups in total. The molecule has 2 amide bonds. The smallest absolute Gasteiger partial charge is 0.236 e. The van der Waals surface area contributed by atoms with Gasteiger partial charge >= 0.3 is 0 Å². The molecule has 0 spiro atoms. The first-order chi connectivity index (χ1) is 15.9. The molecule has 4 rings (SSSR count). The maximum Gasteiger partial charge on any atom is 0.236 e. The summed E-state index contributed by atoms with van der Waals surface area (Å²) >= 11 is 5.91. The van der Waals surface area contributed by atoms with Crippen molar-refractivity contribution in [1.82, 2.24) is 9.80 Å². The second-order valence-corrected chi connectivity index (χ2v) is 8.85. The van der Waals surface area contributed by atoms with Crippen LogP contribution >= 0.6 is 11.6 Å². The maximum absolute atomic E-state index is 12.8. The predicted molar refractivity (Wildman–Crippen MR) is 129 cm³/mol. The van der Waals surface area contributed by atoms with Crippen LogP contribution in [0.15, 0.2) is 42.5 Å². The number of nitrogens with zero attached hydrogens (tertiary/aromatic N) is 3. The summed E-state index contributed by atoms with van der Waals surface area (Å²) in [5.41, 5.74) is 2.48. The molecule has 2 aliphatic rings. The number of aromatic hydroxyl groups is 1. The second-order valence-electron chi connectivity index (χ2n) is 8.44. The summed E-state index contributed by atoms with van der Waals surface area (Å²) in [7, 11) is 0. The van der Waals surface area contributed by atoms with Crippen LogP contribution in [0.1, 0.15) is 12.0 Å². The van der Waals surface area contributed by atoms with Crippen molar-refractivity contribution in [3.63, 3.8) is 0 Å². The lowest BCUT2D eigenvalue weighted by Gasteiger charge is -2.36. The monoisotopic (exact) mass is 466 g/mol. The molecule has 172 valence electrons. The van der Waals surface area contributed by atoms with Gasteiger partial charge in [-0.25, -0.2) is 0 Å². The number of benzene rings is 2. The van der Waals surface area contributed by atoms with Crippen molar-refractivity contribution in [2.75, 3.05) is 56.0 Å². The third-order valence-corrected chi connectivity index (χ3v) is 6.53. The molecule has 0 saturated carbocycles. The largest absolute Gasteiger partial charge is 0.506 e. The Labute approximate surface area is 198 Å². The summed E-state index contributed by atoms with van der Waals surface area (Å²) in [5.74, 6) is 2.44. The number of likely N-dealkylation sites (tertiary alicyclic amines) is 1. The number of piperazine rings is 1. The van der Waals surface area contributed by atoms with Crippen molar-refractivity contribution in [3.05, 3.63) is 53.1 Å². The SMILES string of the molecule is C#Cc1cccc(N2CCN(C(=O)CN3CC[C@@H](C(=O)Nc4ccc(O)c(Cl)c4)C3)CC2)c1. The van der Waals surface area contributed by atoms with Crippen LogP contribution in [0, 0.1) is 18.3 Å². The first-order valence-corrected chi connectivity index (χ1v) is 11.4. The van der Waals surface area contributed by atoms with E-state index < -0.39 is 0 Å². The number of carbonyl (C=O) groups excluding carboxylic acids is 2. The molecule has 2 aromatic carbocycles. The number of hydrogen-bond donors (Lipinski definition) is 2. The van der Waals surface area contributed by atoms with E-state index in [0.29, 0.717) is 44.8 Å². The van der Waals surface area contributed by atoms with Crippen molar-refractivity contribution < 1.29 is 14.7 Å². The highest BCUT2D eigenvalue weighted by Crippen LogP contribution is 2.27. The Morgan fingerprint density at radius 1 is 1.12 bits per heavy atom. The Morgan fingerprint density at radius 2 is 1.91 bits per heavy atom. The third kappa shape index (κ3) is 5.59. The number of hydrogen-bond acceptors (Lipinski definition) is 5. The van der Waals surface area contributed by atoms with E-state index in [0.717, 1.165) is 24.3 Å². The highest BCUT2D eigenvalue weighted by molar-refractivity contribution is 6.32. The minimum Gasteiger partial charge on any atom is -0.506 e. The van der Waals surface area contributed by atoms with E-state index in [4.69, 9.17) is 18.0 Å². The van der Waals surface area contributed by atoms with Gasteiger partial charge in [-0.15, -0.1) is 6.42 Å². The lowest BCUT2D eigenvalue weighted by Crippen LogP contribution is -2.51. The molecule has 2 saturated heterocycles. The van der Waals surface area contributed by atoms with Gasteiger partial charge in [-0.1, -0.05) is 23.6 Å². The van der Waals surface area contributed by atoms with Gasteiger partial charge in [-0.05, 0) is 49.4 Å². The number of nitrogens with one attached hydrogen (secondary N) is 1. The van der Waals surface area contributed by atoms with Gasteiger partial charge in [0, 0.05) is 49.7 Å². The number of rotatable bonds is 5. The number of terminal acetylenes is 1. The van der Waals surface area contributed by atoms with Gasteiger partial charge in [0.1, 0.15) is 5.75 Å². The summed E-state index contributed by atoms with van der Waals surface area (Å²) in [6, 6.07) is 12.5. The minimum atomic E-state index is -0.189. The molecule has 2 heterocycles. The van der Waals surface area contributed by atoms with Crippen LogP contribution in [0.2, 0.25) is 5.02 Å². The number of amides is 2. The van der Waals surface area contributed by atoms with Gasteiger partial charge in [0.25, 0.3) is 0 Å². The molecule has 2 aliphatic heterocycles. The van der Waals surface area contributed by atoms with Crippen LogP contribution in [-0.4, -0.2) is 72.5 Å². The van der Waals surface area contributed by atoms with Crippen molar-refractivity contribution in [2.24, 2.45) is 5.92 Å². The van der Waals surface area contributed by atoms with E-state index in [1.807, 2.05) is 34.1 Å². The summed E-state index contributed by atoms with van der Waals surface area (Å²) in [4.78, 5) is 31.6. The standard InChI is InChI=1S/C25H27ClN4O3/c1-2-18-4-3-5-21(14-18)29-10-12-30(13-11-29)24(32)17-28-9-8-19(16-28)25(33)27-20-6-7-23(31)22(26)15-20/h1,3-7,14-15,19,31H,8-13,16-17H2,(H,27,33)/t19-/m1/s1. The molecule has 2 fully saturated rings. The number of halogens is 1. The zero-order valence-electron chi connectivity index (χ0n) is 18.3. The van der Waals surface area contributed by atoms with E-state index in [9.17, 15) is 14.7 Å². The van der Waals surface area contributed by atoms with Crippen LogP contribution in [0.4, 0.5) is 11.4 Å². The first kappa shape index (κ1) is 23.0. The zero-order valence-corrected chi connectivity index (χ0v) is 19.1. The quantitative estimate of drug-likeness (QED) is 0.523. The summed E-state index contributed by atoms with van der Waals surface area (Å²) in [5, 5.41) is 12.5. The Kier molecular flexibility index (Phi) is 7.07. The average Bonchev–Trinajstić information content (AvgIpc) is 3.30. The molecule has 0 aromatic heterocycles. The molecule has 0 bridgehead atoms. The van der Waals surface area contributed by atoms with Crippen LogP contribution in [0.3, 0.4) is 0 Å². The Hall–Kier alpha value is -3.21. The highest BCUT2D eigenvalue weighted by atomic mass is 35.5. The van der Waals surface area contributed by atoms with Crippen molar-refractivity contribution in [2.45, 2.75) is 6.42 Å². The number of anilines is 2. The fourth-order valence-electron chi connectivity index (χ4n) is 4.32. The van der Waals surface area contributed by atoms with E-state index in [2.05, 4.69) is 16.1 Å². The van der Waals surface area contributed by atoms with Crippen LogP contribution < -0.4 is 10.2 Å². The van der Waals surface area contributed by atoms with Crippen molar-refractivity contribution in [3.8, 4) is 18.1 Å². The highest BCUT2D eigenvalue weighted by Gasteiger charge is 2.31. The lowest BCUT2D eigenvalue weighted by molar-refractivity contribution is -0.132. The van der Waals surface area contributed by atoms with Gasteiger partial charge in [-0.2, -0.15) is 0 Å². The first-order valence-electron chi connectivity index (χ1n) is 11.0. The minimum absolute atomic E-state index is 0.0258. The molecule has 7 nitrogen and oxygen atoms in total. The normalized spacial score (nSPS) is 18.7. The molecule has 33 heavy (non-hydrogen) atoms. The van der Waals surface area contributed by atoms with E-state index in [1.54, 1.807) is 6.07 Å². The van der Waals surface area contributed by atoms with Crippen LogP contribution in [0.5, 0.6) is 5.75 Å².